The molecule has 1 saturated carbocycles. The highest BCUT2D eigenvalue weighted by atomic mass is 16.7. The Hall–Kier alpha value is -0.900. The fourth-order valence-corrected chi connectivity index (χ4v) is 2.98. The summed E-state index contributed by atoms with van der Waals surface area (Å²) in [6.07, 6.45) is 2.02. The van der Waals surface area contributed by atoms with Crippen LogP contribution in [0.15, 0.2) is 30.3 Å². The summed E-state index contributed by atoms with van der Waals surface area (Å²) in [4.78, 5) is 0. The molecule has 1 aliphatic carbocycles. The molecule has 0 bridgehead atoms. The topological polar surface area (TPSA) is 38.7 Å². The van der Waals surface area contributed by atoms with E-state index >= 15 is 0 Å². The van der Waals surface area contributed by atoms with Crippen LogP contribution in [0.3, 0.4) is 0 Å². The smallest absolute Gasteiger partial charge is 0.171 e. The van der Waals surface area contributed by atoms with E-state index in [-0.39, 0.29) is 12.0 Å². The van der Waals surface area contributed by atoms with E-state index in [0.29, 0.717) is 19.6 Å². The van der Waals surface area contributed by atoms with Crippen LogP contribution < -0.4 is 0 Å². The van der Waals surface area contributed by atoms with E-state index in [1.165, 1.54) is 5.56 Å². The molecule has 1 spiro atoms. The third kappa shape index (κ3) is 2.10. The highest BCUT2D eigenvalue weighted by molar-refractivity contribution is 5.21. The summed E-state index contributed by atoms with van der Waals surface area (Å²) >= 11 is 0. The summed E-state index contributed by atoms with van der Waals surface area (Å²) < 4.78 is 11.3. The first kappa shape index (κ1) is 11.2. The van der Waals surface area contributed by atoms with E-state index in [0.717, 1.165) is 12.8 Å². The largest absolute Gasteiger partial charge is 0.392 e. The zero-order chi connectivity index (χ0) is 11.7. The van der Waals surface area contributed by atoms with Gasteiger partial charge in [-0.25, -0.2) is 0 Å². The molecule has 3 heteroatoms. The Bertz CT molecular complexity index is 370. The predicted molar refractivity (Wildman–Crippen MR) is 63.7 cm³/mol. The average molecular weight is 234 g/mol. The third-order valence-corrected chi connectivity index (χ3v) is 3.86. The van der Waals surface area contributed by atoms with Crippen LogP contribution >= 0.6 is 0 Å². The van der Waals surface area contributed by atoms with Gasteiger partial charge in [-0.15, -0.1) is 0 Å². The fraction of sp³-hybridized carbons (Fsp3) is 0.571. The molecule has 0 radical (unpaired) electrons. The van der Waals surface area contributed by atoms with E-state index < -0.39 is 5.79 Å². The van der Waals surface area contributed by atoms with Crippen LogP contribution in [-0.2, 0) is 9.47 Å². The Kier molecular flexibility index (Phi) is 2.90. The minimum Gasteiger partial charge on any atom is -0.392 e. The first-order valence-electron chi connectivity index (χ1n) is 6.30. The second-order valence-corrected chi connectivity index (χ2v) is 4.93. The molecule has 1 aromatic rings. The van der Waals surface area contributed by atoms with E-state index in [9.17, 15) is 5.11 Å². The molecule has 2 fully saturated rings. The molecule has 1 aliphatic heterocycles. The third-order valence-electron chi connectivity index (χ3n) is 3.86. The van der Waals surface area contributed by atoms with Crippen molar-refractivity contribution in [3.05, 3.63) is 35.9 Å². The summed E-state index contributed by atoms with van der Waals surface area (Å²) in [6.45, 7) is 1.31. The molecule has 1 saturated heterocycles. The van der Waals surface area contributed by atoms with Crippen molar-refractivity contribution >= 4 is 0 Å². The molecule has 17 heavy (non-hydrogen) atoms. The van der Waals surface area contributed by atoms with Gasteiger partial charge in [0.1, 0.15) is 0 Å². The average Bonchev–Trinajstić information content (AvgIpc) is 2.79. The summed E-state index contributed by atoms with van der Waals surface area (Å²) in [5.74, 6) is -0.278. The second kappa shape index (κ2) is 4.41. The lowest BCUT2D eigenvalue weighted by atomic mass is 9.79. The molecule has 0 amide bonds. The molecular formula is C14H18O3. The van der Waals surface area contributed by atoms with Crippen molar-refractivity contribution < 1.29 is 14.6 Å². The van der Waals surface area contributed by atoms with Crippen molar-refractivity contribution in [3.63, 3.8) is 0 Å². The zero-order valence-electron chi connectivity index (χ0n) is 9.84. The summed E-state index contributed by atoms with van der Waals surface area (Å²) in [5, 5.41) is 10.3. The van der Waals surface area contributed by atoms with Crippen molar-refractivity contribution in [3.8, 4) is 0 Å². The first-order valence-corrected chi connectivity index (χ1v) is 6.30. The van der Waals surface area contributed by atoms with Crippen molar-refractivity contribution in [2.24, 2.45) is 0 Å². The van der Waals surface area contributed by atoms with Gasteiger partial charge in [-0.3, -0.25) is 0 Å². The van der Waals surface area contributed by atoms with Gasteiger partial charge in [-0.05, 0) is 12.0 Å². The molecule has 3 rings (SSSR count). The van der Waals surface area contributed by atoms with E-state index in [1.54, 1.807) is 0 Å². The second-order valence-electron chi connectivity index (χ2n) is 4.93. The summed E-state index contributed by atoms with van der Waals surface area (Å²) in [5.41, 5.74) is 1.22. The highest BCUT2D eigenvalue weighted by Crippen LogP contribution is 2.42. The van der Waals surface area contributed by atoms with E-state index in [1.807, 2.05) is 18.2 Å². The van der Waals surface area contributed by atoms with E-state index in [2.05, 4.69) is 12.1 Å². The Morgan fingerprint density at radius 2 is 1.82 bits per heavy atom. The molecule has 2 aliphatic rings. The summed E-state index contributed by atoms with van der Waals surface area (Å²) in [7, 11) is 0. The number of aliphatic hydroxyl groups excluding tert-OH is 1. The lowest BCUT2D eigenvalue weighted by Gasteiger charge is -2.38. The molecule has 92 valence electrons. The standard InChI is InChI=1S/C14H18O3/c15-13-10-14(16-8-9-17-14)7-6-12(13)11-4-2-1-3-5-11/h1-5,12-13,15H,6-10H2. The Morgan fingerprint density at radius 3 is 2.47 bits per heavy atom. The number of rotatable bonds is 1. The zero-order valence-corrected chi connectivity index (χ0v) is 9.84. The molecule has 1 N–H and O–H groups in total. The molecule has 3 nitrogen and oxygen atoms in total. The number of hydrogen-bond acceptors (Lipinski definition) is 3. The van der Waals surface area contributed by atoms with Gasteiger partial charge in [0.05, 0.1) is 19.3 Å². The maximum Gasteiger partial charge on any atom is 0.171 e. The maximum atomic E-state index is 10.3. The molecule has 1 heterocycles. The van der Waals surface area contributed by atoms with Gasteiger partial charge < -0.3 is 14.6 Å². The molecule has 1 aromatic carbocycles. The highest BCUT2D eigenvalue weighted by Gasteiger charge is 2.44. The Morgan fingerprint density at radius 1 is 1.12 bits per heavy atom. The predicted octanol–water partition coefficient (Wildman–Crippen LogP) is 2.06. The summed E-state index contributed by atoms with van der Waals surface area (Å²) in [6, 6.07) is 10.2. The van der Waals surface area contributed by atoms with Gasteiger partial charge in [-0.1, -0.05) is 30.3 Å². The van der Waals surface area contributed by atoms with Gasteiger partial charge in [0.2, 0.25) is 0 Å². The van der Waals surface area contributed by atoms with Gasteiger partial charge in [0, 0.05) is 18.8 Å². The van der Waals surface area contributed by atoms with Gasteiger partial charge in [0.25, 0.3) is 0 Å². The SMILES string of the molecule is OC1CC2(CCC1c1ccccc1)OCCO2. The number of benzene rings is 1. The van der Waals surface area contributed by atoms with Crippen LogP contribution in [0.1, 0.15) is 30.7 Å². The van der Waals surface area contributed by atoms with Crippen LogP contribution in [0.4, 0.5) is 0 Å². The number of ether oxygens (including phenoxy) is 2. The number of hydrogen-bond donors (Lipinski definition) is 1. The van der Waals surface area contributed by atoms with Crippen molar-refractivity contribution in [2.45, 2.75) is 37.1 Å². The number of aliphatic hydroxyl groups is 1. The molecular weight excluding hydrogens is 216 g/mol. The monoisotopic (exact) mass is 234 g/mol. The minimum absolute atomic E-state index is 0.217. The van der Waals surface area contributed by atoms with Gasteiger partial charge in [0.15, 0.2) is 5.79 Å². The Balaban J connectivity index is 1.74. The minimum atomic E-state index is -0.495. The van der Waals surface area contributed by atoms with E-state index in [4.69, 9.17) is 9.47 Å². The molecule has 2 unspecified atom stereocenters. The first-order chi connectivity index (χ1) is 8.29. The Labute approximate surface area is 101 Å². The van der Waals surface area contributed by atoms with Crippen LogP contribution in [0.25, 0.3) is 0 Å². The van der Waals surface area contributed by atoms with Crippen LogP contribution in [0.2, 0.25) is 0 Å². The lowest BCUT2D eigenvalue weighted by Crippen LogP contribution is -2.42. The van der Waals surface area contributed by atoms with Crippen molar-refractivity contribution in [2.75, 3.05) is 13.2 Å². The lowest BCUT2D eigenvalue weighted by molar-refractivity contribution is -0.199. The maximum absolute atomic E-state index is 10.3. The van der Waals surface area contributed by atoms with Crippen molar-refractivity contribution in [1.82, 2.24) is 0 Å². The van der Waals surface area contributed by atoms with Crippen molar-refractivity contribution in [1.29, 1.82) is 0 Å². The quantitative estimate of drug-likeness (QED) is 0.808. The molecule has 2 atom stereocenters. The molecule has 0 aromatic heterocycles. The fourth-order valence-electron chi connectivity index (χ4n) is 2.98. The van der Waals surface area contributed by atoms with Crippen LogP contribution in [0.5, 0.6) is 0 Å². The van der Waals surface area contributed by atoms with Gasteiger partial charge >= 0.3 is 0 Å². The van der Waals surface area contributed by atoms with Crippen LogP contribution in [0, 0.1) is 0 Å². The van der Waals surface area contributed by atoms with Crippen LogP contribution in [-0.4, -0.2) is 30.2 Å². The van der Waals surface area contributed by atoms with Gasteiger partial charge in [-0.2, -0.15) is 0 Å². The normalized spacial score (nSPS) is 31.8.